The van der Waals surface area contributed by atoms with Gasteiger partial charge in [-0.1, -0.05) is 0 Å². The van der Waals surface area contributed by atoms with Crippen LogP contribution in [0.3, 0.4) is 0 Å². The molecule has 0 aliphatic heterocycles. The predicted molar refractivity (Wildman–Crippen MR) is 39.2 cm³/mol. The summed E-state index contributed by atoms with van der Waals surface area (Å²) in [5, 5.41) is 3.24. The van der Waals surface area contributed by atoms with Crippen molar-refractivity contribution >= 4 is 0 Å². The van der Waals surface area contributed by atoms with Gasteiger partial charge >= 0.3 is 0 Å². The van der Waals surface area contributed by atoms with Crippen molar-refractivity contribution in [2.75, 3.05) is 7.05 Å². The molecule has 0 amide bonds. The average molecular weight is 128 g/mol. The van der Waals surface area contributed by atoms with E-state index in [-0.39, 0.29) is 0 Å². The van der Waals surface area contributed by atoms with Crippen LogP contribution in [-0.4, -0.2) is 19.1 Å². The monoisotopic (exact) mass is 128 g/mol. The smallest absolute Gasteiger partial charge is 0.0241 e. The summed E-state index contributed by atoms with van der Waals surface area (Å²) in [7, 11) is 1.99. The van der Waals surface area contributed by atoms with Crippen LogP contribution in [0.25, 0.3) is 0 Å². The van der Waals surface area contributed by atoms with Crippen molar-refractivity contribution in [2.24, 2.45) is 11.7 Å². The van der Waals surface area contributed by atoms with Gasteiger partial charge in [0.15, 0.2) is 0 Å². The van der Waals surface area contributed by atoms with Crippen molar-refractivity contribution in [3.8, 4) is 0 Å². The summed E-state index contributed by atoms with van der Waals surface area (Å²) in [6.45, 7) is 2.07. The molecule has 2 heteroatoms. The average Bonchev–Trinajstić information content (AvgIpc) is 2.50. The fourth-order valence-electron chi connectivity index (χ4n) is 1.38. The van der Waals surface area contributed by atoms with Crippen LogP contribution in [0.15, 0.2) is 0 Å². The quantitative estimate of drug-likeness (QED) is 0.575. The minimum Gasteiger partial charge on any atom is -0.327 e. The first-order chi connectivity index (χ1) is 4.25. The summed E-state index contributed by atoms with van der Waals surface area (Å²) in [5.74, 6) is 0.870. The normalized spacial score (nSPS) is 25.7. The zero-order valence-corrected chi connectivity index (χ0v) is 6.22. The van der Waals surface area contributed by atoms with Gasteiger partial charge in [-0.15, -0.1) is 0 Å². The van der Waals surface area contributed by atoms with E-state index in [2.05, 4.69) is 12.2 Å². The van der Waals surface area contributed by atoms with E-state index in [1.165, 1.54) is 12.8 Å². The molecule has 1 rings (SSSR count). The van der Waals surface area contributed by atoms with Gasteiger partial charge in [0.2, 0.25) is 0 Å². The van der Waals surface area contributed by atoms with Crippen LogP contribution in [0.1, 0.15) is 19.8 Å². The highest BCUT2D eigenvalue weighted by molar-refractivity contribution is 4.90. The van der Waals surface area contributed by atoms with Crippen LogP contribution in [0.2, 0.25) is 0 Å². The molecule has 0 saturated heterocycles. The van der Waals surface area contributed by atoms with E-state index in [1.807, 2.05) is 7.05 Å². The number of hydrogen-bond donors (Lipinski definition) is 2. The number of nitrogens with two attached hydrogens (primary N) is 1. The van der Waals surface area contributed by atoms with E-state index in [1.54, 1.807) is 0 Å². The van der Waals surface area contributed by atoms with Crippen molar-refractivity contribution in [2.45, 2.75) is 31.8 Å². The zero-order valence-electron chi connectivity index (χ0n) is 6.22. The standard InChI is InChI=1S/C7H16N2/c1-5(8)7(9-2)6-3-4-6/h5-7,9H,3-4,8H2,1-2H3. The first kappa shape index (κ1) is 7.03. The second kappa shape index (κ2) is 2.67. The molecule has 2 unspecified atom stereocenters. The molecular weight excluding hydrogens is 112 g/mol. The Labute approximate surface area is 56.8 Å². The van der Waals surface area contributed by atoms with Gasteiger partial charge in [-0.25, -0.2) is 0 Å². The molecule has 3 N–H and O–H groups in total. The Bertz CT molecular complexity index is 84.9. The van der Waals surface area contributed by atoms with E-state index in [4.69, 9.17) is 5.73 Å². The second-order valence-electron chi connectivity index (χ2n) is 3.01. The third kappa shape index (κ3) is 1.66. The fraction of sp³-hybridized carbons (Fsp3) is 1.00. The summed E-state index contributed by atoms with van der Waals surface area (Å²) in [4.78, 5) is 0. The summed E-state index contributed by atoms with van der Waals surface area (Å²) < 4.78 is 0. The minimum atomic E-state index is 0.308. The van der Waals surface area contributed by atoms with Gasteiger partial charge in [-0.2, -0.15) is 0 Å². The Kier molecular flexibility index (Phi) is 2.09. The maximum atomic E-state index is 5.73. The van der Waals surface area contributed by atoms with Crippen LogP contribution in [0.4, 0.5) is 0 Å². The maximum Gasteiger partial charge on any atom is 0.0241 e. The Balaban J connectivity index is 2.28. The summed E-state index contributed by atoms with van der Waals surface area (Å²) in [6, 6.07) is 0.868. The summed E-state index contributed by atoms with van der Waals surface area (Å²) >= 11 is 0. The van der Waals surface area contributed by atoms with Crippen LogP contribution < -0.4 is 11.1 Å². The number of rotatable bonds is 3. The van der Waals surface area contributed by atoms with Crippen LogP contribution in [0, 0.1) is 5.92 Å². The lowest BCUT2D eigenvalue weighted by molar-refractivity contribution is 0.435. The zero-order chi connectivity index (χ0) is 6.85. The Hall–Kier alpha value is -0.0800. The predicted octanol–water partition coefficient (Wildman–Crippen LogP) is 0.332. The molecule has 54 valence electrons. The van der Waals surface area contributed by atoms with Crippen LogP contribution in [0.5, 0.6) is 0 Å². The van der Waals surface area contributed by atoms with E-state index >= 15 is 0 Å². The number of likely N-dealkylation sites (N-methyl/N-ethyl adjacent to an activating group) is 1. The molecule has 1 fully saturated rings. The molecule has 2 atom stereocenters. The Morgan fingerprint density at radius 1 is 1.56 bits per heavy atom. The van der Waals surface area contributed by atoms with Gasteiger partial charge in [0.1, 0.15) is 0 Å². The van der Waals surface area contributed by atoms with Gasteiger partial charge in [0.25, 0.3) is 0 Å². The second-order valence-corrected chi connectivity index (χ2v) is 3.01. The van der Waals surface area contributed by atoms with Gasteiger partial charge in [0, 0.05) is 12.1 Å². The third-order valence-corrected chi connectivity index (χ3v) is 2.03. The molecule has 0 bridgehead atoms. The molecule has 0 spiro atoms. The van der Waals surface area contributed by atoms with Crippen molar-refractivity contribution in [1.29, 1.82) is 0 Å². The van der Waals surface area contributed by atoms with E-state index < -0.39 is 0 Å². The van der Waals surface area contributed by atoms with E-state index in [9.17, 15) is 0 Å². The first-order valence-corrected chi connectivity index (χ1v) is 3.68. The lowest BCUT2D eigenvalue weighted by Crippen LogP contribution is -2.42. The lowest BCUT2D eigenvalue weighted by atomic mass is 10.1. The Morgan fingerprint density at radius 3 is 2.22 bits per heavy atom. The van der Waals surface area contributed by atoms with Crippen molar-refractivity contribution in [3.63, 3.8) is 0 Å². The molecular formula is C7H16N2. The summed E-state index contributed by atoms with van der Waals surface area (Å²) in [6.07, 6.45) is 2.74. The van der Waals surface area contributed by atoms with Crippen LogP contribution >= 0.6 is 0 Å². The largest absolute Gasteiger partial charge is 0.327 e. The fourth-order valence-corrected chi connectivity index (χ4v) is 1.38. The van der Waals surface area contributed by atoms with Crippen molar-refractivity contribution in [3.05, 3.63) is 0 Å². The molecule has 0 aromatic heterocycles. The molecule has 0 aromatic rings. The molecule has 0 aromatic carbocycles. The maximum absolute atomic E-state index is 5.73. The molecule has 0 radical (unpaired) electrons. The molecule has 2 nitrogen and oxygen atoms in total. The van der Waals surface area contributed by atoms with Gasteiger partial charge in [-0.05, 0) is 32.7 Å². The number of nitrogens with one attached hydrogen (secondary N) is 1. The van der Waals surface area contributed by atoms with Gasteiger partial charge < -0.3 is 11.1 Å². The highest BCUT2D eigenvalue weighted by Crippen LogP contribution is 2.33. The third-order valence-electron chi connectivity index (χ3n) is 2.03. The van der Waals surface area contributed by atoms with E-state index in [0.717, 1.165) is 5.92 Å². The van der Waals surface area contributed by atoms with Gasteiger partial charge in [-0.3, -0.25) is 0 Å². The molecule has 0 heterocycles. The SMILES string of the molecule is CNC(C(C)N)C1CC1. The molecule has 1 aliphatic rings. The van der Waals surface area contributed by atoms with Crippen molar-refractivity contribution < 1.29 is 0 Å². The molecule has 1 aliphatic carbocycles. The minimum absolute atomic E-state index is 0.308. The first-order valence-electron chi connectivity index (χ1n) is 3.68. The topological polar surface area (TPSA) is 38.0 Å². The van der Waals surface area contributed by atoms with E-state index in [0.29, 0.717) is 12.1 Å². The Morgan fingerprint density at radius 2 is 2.11 bits per heavy atom. The molecule has 9 heavy (non-hydrogen) atoms. The highest BCUT2D eigenvalue weighted by Gasteiger charge is 2.31. The van der Waals surface area contributed by atoms with Crippen molar-refractivity contribution in [1.82, 2.24) is 5.32 Å². The highest BCUT2D eigenvalue weighted by atomic mass is 14.9. The summed E-state index contributed by atoms with van der Waals surface area (Å²) in [5.41, 5.74) is 5.73. The van der Waals surface area contributed by atoms with Gasteiger partial charge in [0.05, 0.1) is 0 Å². The van der Waals surface area contributed by atoms with Crippen LogP contribution in [-0.2, 0) is 0 Å². The number of hydrogen-bond acceptors (Lipinski definition) is 2. The molecule has 1 saturated carbocycles. The lowest BCUT2D eigenvalue weighted by Gasteiger charge is -2.18.